The summed E-state index contributed by atoms with van der Waals surface area (Å²) in [6.07, 6.45) is 1.72. The van der Waals surface area contributed by atoms with E-state index in [9.17, 15) is 0 Å². The van der Waals surface area contributed by atoms with Gasteiger partial charge in [0.15, 0.2) is 4.67 Å². The molecule has 0 aliphatic carbocycles. The van der Waals surface area contributed by atoms with Crippen LogP contribution in [-0.4, -0.2) is 15.9 Å². The molecule has 0 atom stereocenters. The summed E-state index contributed by atoms with van der Waals surface area (Å²) in [6, 6.07) is 3.86. The van der Waals surface area contributed by atoms with E-state index in [2.05, 4.69) is 30.6 Å². The van der Waals surface area contributed by atoms with Crippen LogP contribution in [0.25, 0.3) is 0 Å². The van der Waals surface area contributed by atoms with Crippen LogP contribution in [-0.2, 0) is 12.8 Å². The van der Waals surface area contributed by atoms with Gasteiger partial charge in [0.25, 0.3) is 0 Å². The Bertz CT molecular complexity index is 454. The lowest BCUT2D eigenvalue weighted by Gasteiger charge is -1.98. The molecule has 0 aliphatic heterocycles. The van der Waals surface area contributed by atoms with E-state index in [1.54, 1.807) is 0 Å². The maximum absolute atomic E-state index is 5.39. The summed E-state index contributed by atoms with van der Waals surface area (Å²) in [4.78, 5) is 4.32. The monoisotopic (exact) mass is 301 g/mol. The highest BCUT2D eigenvalue weighted by Crippen LogP contribution is 2.15. The van der Waals surface area contributed by atoms with Crippen molar-refractivity contribution in [3.8, 4) is 0 Å². The van der Waals surface area contributed by atoms with Crippen molar-refractivity contribution in [2.45, 2.75) is 19.8 Å². The maximum atomic E-state index is 5.39. The molecule has 0 aromatic carbocycles. The molecule has 2 rings (SSSR count). The van der Waals surface area contributed by atoms with Gasteiger partial charge in [0.2, 0.25) is 5.13 Å². The van der Waals surface area contributed by atoms with E-state index >= 15 is 0 Å². The van der Waals surface area contributed by atoms with Gasteiger partial charge >= 0.3 is 0 Å². The highest BCUT2D eigenvalue weighted by molar-refractivity contribution is 9.10. The molecule has 16 heavy (non-hydrogen) atoms. The van der Waals surface area contributed by atoms with Crippen LogP contribution in [0.1, 0.15) is 18.5 Å². The van der Waals surface area contributed by atoms with Gasteiger partial charge in [0.1, 0.15) is 11.6 Å². The molecular weight excluding hydrogens is 290 g/mol. The standard InChI is InChI=1S/C10H12BrN3OS/c1-2-9-13-10(16-14-9)12-6-5-7-3-4-8(11)15-7/h3-4H,2,5-6H2,1H3,(H,12,13,14). The number of furan rings is 1. The Morgan fingerprint density at radius 2 is 2.38 bits per heavy atom. The Balaban J connectivity index is 1.79. The summed E-state index contributed by atoms with van der Waals surface area (Å²) in [7, 11) is 0. The highest BCUT2D eigenvalue weighted by atomic mass is 79.9. The van der Waals surface area contributed by atoms with Crippen LogP contribution in [0.3, 0.4) is 0 Å². The number of anilines is 1. The minimum absolute atomic E-state index is 0.770. The second kappa shape index (κ2) is 5.45. The number of halogens is 1. The molecule has 0 unspecified atom stereocenters. The molecule has 2 aromatic heterocycles. The van der Waals surface area contributed by atoms with Gasteiger partial charge in [-0.3, -0.25) is 0 Å². The third-order valence-electron chi connectivity index (χ3n) is 2.06. The number of aryl methyl sites for hydroxylation is 1. The summed E-state index contributed by atoms with van der Waals surface area (Å²) in [5, 5.41) is 4.10. The summed E-state index contributed by atoms with van der Waals surface area (Å²) in [5.74, 6) is 1.85. The Morgan fingerprint density at radius 3 is 3.00 bits per heavy atom. The molecule has 2 aromatic rings. The van der Waals surface area contributed by atoms with Gasteiger partial charge in [-0.15, -0.1) is 0 Å². The van der Waals surface area contributed by atoms with E-state index in [0.29, 0.717) is 0 Å². The number of hydrogen-bond donors (Lipinski definition) is 1. The smallest absolute Gasteiger partial charge is 0.202 e. The van der Waals surface area contributed by atoms with Crippen LogP contribution >= 0.6 is 27.5 Å². The molecule has 2 heterocycles. The van der Waals surface area contributed by atoms with E-state index in [1.165, 1.54) is 11.5 Å². The lowest BCUT2D eigenvalue weighted by Crippen LogP contribution is -2.03. The van der Waals surface area contributed by atoms with Crippen molar-refractivity contribution >= 4 is 32.6 Å². The van der Waals surface area contributed by atoms with Crippen molar-refractivity contribution in [2.75, 3.05) is 11.9 Å². The van der Waals surface area contributed by atoms with E-state index in [-0.39, 0.29) is 0 Å². The Kier molecular flexibility index (Phi) is 3.95. The van der Waals surface area contributed by atoms with E-state index in [1.807, 2.05) is 19.1 Å². The van der Waals surface area contributed by atoms with Gasteiger partial charge in [0, 0.05) is 30.9 Å². The number of hydrogen-bond acceptors (Lipinski definition) is 5. The minimum Gasteiger partial charge on any atom is -0.454 e. The van der Waals surface area contributed by atoms with Crippen molar-refractivity contribution in [1.82, 2.24) is 9.36 Å². The molecule has 0 radical (unpaired) electrons. The summed E-state index contributed by atoms with van der Waals surface area (Å²) in [5.41, 5.74) is 0. The predicted molar refractivity (Wildman–Crippen MR) is 67.9 cm³/mol. The highest BCUT2D eigenvalue weighted by Gasteiger charge is 2.02. The normalized spacial score (nSPS) is 10.6. The summed E-state index contributed by atoms with van der Waals surface area (Å²) in [6.45, 7) is 2.85. The van der Waals surface area contributed by atoms with Gasteiger partial charge in [-0.2, -0.15) is 4.37 Å². The SMILES string of the molecule is CCc1nsc(NCCc2ccc(Br)o2)n1. The molecule has 4 nitrogen and oxygen atoms in total. The second-order valence-corrected chi connectivity index (χ2v) is 4.79. The topological polar surface area (TPSA) is 51.0 Å². The van der Waals surface area contributed by atoms with Gasteiger partial charge in [0.05, 0.1) is 0 Å². The molecular formula is C10H12BrN3OS. The molecule has 0 bridgehead atoms. The van der Waals surface area contributed by atoms with Crippen molar-refractivity contribution in [1.29, 1.82) is 0 Å². The van der Waals surface area contributed by atoms with Crippen LogP contribution in [0.5, 0.6) is 0 Å². The van der Waals surface area contributed by atoms with Gasteiger partial charge in [-0.25, -0.2) is 4.98 Å². The summed E-state index contributed by atoms with van der Waals surface area (Å²) < 4.78 is 10.4. The molecule has 0 spiro atoms. The first kappa shape index (κ1) is 11.6. The van der Waals surface area contributed by atoms with Gasteiger partial charge in [-0.05, 0) is 28.1 Å². The predicted octanol–water partition coefficient (Wildman–Crippen LogP) is 3.11. The van der Waals surface area contributed by atoms with Crippen molar-refractivity contribution in [2.24, 2.45) is 0 Å². The van der Waals surface area contributed by atoms with E-state index < -0.39 is 0 Å². The minimum atomic E-state index is 0.770. The molecule has 0 fully saturated rings. The molecule has 86 valence electrons. The molecule has 0 saturated heterocycles. The lowest BCUT2D eigenvalue weighted by atomic mass is 10.3. The third-order valence-corrected chi connectivity index (χ3v) is 3.20. The van der Waals surface area contributed by atoms with E-state index in [0.717, 1.165) is 40.8 Å². The Labute approximate surface area is 106 Å². The molecule has 6 heteroatoms. The molecule has 1 N–H and O–H groups in total. The average Bonchev–Trinajstić information content (AvgIpc) is 2.88. The fraction of sp³-hybridized carbons (Fsp3) is 0.400. The first-order valence-electron chi connectivity index (χ1n) is 5.08. The van der Waals surface area contributed by atoms with Crippen molar-refractivity contribution in [3.63, 3.8) is 0 Å². The molecule has 0 amide bonds. The maximum Gasteiger partial charge on any atom is 0.202 e. The fourth-order valence-electron chi connectivity index (χ4n) is 1.25. The second-order valence-electron chi connectivity index (χ2n) is 3.25. The molecule has 0 aliphatic rings. The number of aromatic nitrogens is 2. The van der Waals surface area contributed by atoms with E-state index in [4.69, 9.17) is 4.42 Å². The van der Waals surface area contributed by atoms with Crippen LogP contribution < -0.4 is 5.32 Å². The van der Waals surface area contributed by atoms with Crippen molar-refractivity contribution in [3.05, 3.63) is 28.4 Å². The van der Waals surface area contributed by atoms with Crippen LogP contribution in [0, 0.1) is 0 Å². The van der Waals surface area contributed by atoms with Gasteiger partial charge in [-0.1, -0.05) is 6.92 Å². The quantitative estimate of drug-likeness (QED) is 0.922. The zero-order chi connectivity index (χ0) is 11.4. The van der Waals surface area contributed by atoms with Crippen LogP contribution in [0.15, 0.2) is 21.2 Å². The zero-order valence-electron chi connectivity index (χ0n) is 8.86. The first-order valence-corrected chi connectivity index (χ1v) is 6.65. The first-order chi connectivity index (χ1) is 7.78. The summed E-state index contributed by atoms with van der Waals surface area (Å²) >= 11 is 4.68. The Hall–Kier alpha value is -0.880. The number of rotatable bonds is 5. The largest absolute Gasteiger partial charge is 0.454 e. The lowest BCUT2D eigenvalue weighted by molar-refractivity contribution is 0.491. The molecule has 0 saturated carbocycles. The average molecular weight is 302 g/mol. The van der Waals surface area contributed by atoms with Crippen LogP contribution in [0.4, 0.5) is 5.13 Å². The van der Waals surface area contributed by atoms with Crippen molar-refractivity contribution < 1.29 is 4.42 Å². The Morgan fingerprint density at radius 1 is 1.50 bits per heavy atom. The third kappa shape index (κ3) is 3.05. The van der Waals surface area contributed by atoms with Gasteiger partial charge < -0.3 is 9.73 Å². The zero-order valence-corrected chi connectivity index (χ0v) is 11.3. The number of nitrogens with zero attached hydrogens (tertiary/aromatic N) is 2. The van der Waals surface area contributed by atoms with Crippen LogP contribution in [0.2, 0.25) is 0 Å². The number of nitrogens with one attached hydrogen (secondary N) is 1. The fourth-order valence-corrected chi connectivity index (χ4v) is 2.26.